The molecule has 7 nitrogen and oxygen atoms in total. The lowest BCUT2D eigenvalue weighted by Crippen LogP contribution is -2.34. The van der Waals surface area contributed by atoms with Gasteiger partial charge < -0.3 is 5.11 Å². The minimum absolute atomic E-state index is 0.0655. The number of aromatic nitrogens is 2. The van der Waals surface area contributed by atoms with Crippen molar-refractivity contribution in [1.82, 2.24) is 14.5 Å². The van der Waals surface area contributed by atoms with Crippen LogP contribution in [0.2, 0.25) is 0 Å². The van der Waals surface area contributed by atoms with Crippen molar-refractivity contribution >= 4 is 38.4 Å². The first-order valence-corrected chi connectivity index (χ1v) is 12.2. The Kier molecular flexibility index (Phi) is 6.70. The molecule has 1 atom stereocenters. The molecule has 1 amide bonds. The molecule has 0 saturated carbocycles. The summed E-state index contributed by atoms with van der Waals surface area (Å²) in [5.41, 5.74) is 2.36. The molecule has 0 unspecified atom stereocenters. The second-order valence-corrected chi connectivity index (χ2v) is 9.44. The summed E-state index contributed by atoms with van der Waals surface area (Å²) in [7, 11) is 0. The molecule has 1 fully saturated rings. The van der Waals surface area contributed by atoms with Crippen molar-refractivity contribution in [3.05, 3.63) is 88.4 Å². The molecule has 0 radical (unpaired) electrons. The van der Waals surface area contributed by atoms with Crippen LogP contribution in [0.1, 0.15) is 41.2 Å². The van der Waals surface area contributed by atoms with Gasteiger partial charge in [-0.3, -0.25) is 19.2 Å². The Bertz CT molecular complexity index is 1390. The van der Waals surface area contributed by atoms with E-state index in [-0.39, 0.29) is 23.2 Å². The van der Waals surface area contributed by atoms with Crippen LogP contribution in [0.3, 0.4) is 0 Å². The SMILES string of the molecule is O=C(N=Nc1c(O)n(CN2CCCC[C@@H]2c2cccnc2)c2ccc(Br)cc12)c1ccc(F)cc1. The zero-order chi connectivity index (χ0) is 24.4. The molecule has 35 heavy (non-hydrogen) atoms. The van der Waals surface area contributed by atoms with E-state index in [0.29, 0.717) is 12.1 Å². The average molecular weight is 536 g/mol. The fourth-order valence-corrected chi connectivity index (χ4v) is 4.94. The van der Waals surface area contributed by atoms with Crippen LogP contribution in [0.4, 0.5) is 10.1 Å². The van der Waals surface area contributed by atoms with Crippen LogP contribution in [-0.4, -0.2) is 32.0 Å². The second kappa shape index (κ2) is 10.1. The molecule has 5 rings (SSSR count). The predicted molar refractivity (Wildman–Crippen MR) is 134 cm³/mol. The highest BCUT2D eigenvalue weighted by Gasteiger charge is 2.27. The van der Waals surface area contributed by atoms with E-state index < -0.39 is 11.7 Å². The Labute approximate surface area is 210 Å². The monoisotopic (exact) mass is 535 g/mol. The van der Waals surface area contributed by atoms with Crippen LogP contribution in [0, 0.1) is 5.82 Å². The maximum atomic E-state index is 13.2. The molecule has 4 aromatic rings. The molecule has 1 saturated heterocycles. The Morgan fingerprint density at radius 3 is 2.77 bits per heavy atom. The number of pyridine rings is 1. The summed E-state index contributed by atoms with van der Waals surface area (Å²) in [6, 6.07) is 15.0. The van der Waals surface area contributed by atoms with Gasteiger partial charge in [0.15, 0.2) is 5.69 Å². The van der Waals surface area contributed by atoms with Gasteiger partial charge in [-0.1, -0.05) is 28.4 Å². The third-order valence-electron chi connectivity index (χ3n) is 6.31. The normalized spacial score (nSPS) is 16.8. The molecule has 1 aliphatic heterocycles. The van der Waals surface area contributed by atoms with Crippen molar-refractivity contribution in [2.75, 3.05) is 6.54 Å². The summed E-state index contributed by atoms with van der Waals surface area (Å²) in [5.74, 6) is -1.12. The molecule has 1 N–H and O–H groups in total. The van der Waals surface area contributed by atoms with Gasteiger partial charge in [0, 0.05) is 40.4 Å². The smallest absolute Gasteiger partial charge is 0.295 e. The fourth-order valence-electron chi connectivity index (χ4n) is 4.58. The third-order valence-corrected chi connectivity index (χ3v) is 6.80. The maximum absolute atomic E-state index is 13.2. The number of hydrogen-bond donors (Lipinski definition) is 1. The fraction of sp³-hybridized carbons (Fsp3) is 0.231. The lowest BCUT2D eigenvalue weighted by Gasteiger charge is -2.36. The van der Waals surface area contributed by atoms with Gasteiger partial charge in [0.05, 0.1) is 12.2 Å². The maximum Gasteiger partial charge on any atom is 0.295 e. The lowest BCUT2D eigenvalue weighted by molar-refractivity contribution is 0.0995. The van der Waals surface area contributed by atoms with E-state index in [2.05, 4.69) is 42.1 Å². The summed E-state index contributed by atoms with van der Waals surface area (Å²) in [4.78, 5) is 19.1. The van der Waals surface area contributed by atoms with Crippen molar-refractivity contribution < 1.29 is 14.3 Å². The molecular formula is C26H23BrFN5O2. The summed E-state index contributed by atoms with van der Waals surface area (Å²) in [6.45, 7) is 1.33. The number of carbonyl (C=O) groups is 1. The van der Waals surface area contributed by atoms with Crippen LogP contribution >= 0.6 is 15.9 Å². The predicted octanol–water partition coefficient (Wildman–Crippen LogP) is 6.75. The van der Waals surface area contributed by atoms with Crippen molar-refractivity contribution in [2.24, 2.45) is 10.2 Å². The number of carbonyl (C=O) groups excluding carboxylic acids is 1. The minimum atomic E-state index is -0.618. The van der Waals surface area contributed by atoms with Crippen LogP contribution in [0.25, 0.3) is 10.9 Å². The van der Waals surface area contributed by atoms with Crippen LogP contribution in [-0.2, 0) is 6.67 Å². The molecular weight excluding hydrogens is 513 g/mol. The van der Waals surface area contributed by atoms with E-state index >= 15 is 0 Å². The Morgan fingerprint density at radius 1 is 1.17 bits per heavy atom. The van der Waals surface area contributed by atoms with Gasteiger partial charge in [0.2, 0.25) is 5.88 Å². The van der Waals surface area contributed by atoms with Gasteiger partial charge in [0.25, 0.3) is 5.91 Å². The molecule has 0 aliphatic carbocycles. The Morgan fingerprint density at radius 2 is 2.00 bits per heavy atom. The van der Waals surface area contributed by atoms with E-state index in [1.54, 1.807) is 10.8 Å². The molecule has 2 aromatic heterocycles. The second-order valence-electron chi connectivity index (χ2n) is 8.53. The van der Waals surface area contributed by atoms with Crippen LogP contribution < -0.4 is 0 Å². The highest BCUT2D eigenvalue weighted by Crippen LogP contribution is 2.41. The standard InChI is InChI=1S/C26H23BrFN5O2/c27-19-8-11-23-21(14-19)24(30-31-25(34)17-6-9-20(28)10-7-17)26(35)33(23)16-32-13-2-1-5-22(32)18-4-3-12-29-15-18/h3-4,6-12,14-15,22,35H,1-2,5,13,16H2/t22-/m1/s1. The van der Waals surface area contributed by atoms with Crippen LogP contribution in [0.5, 0.6) is 5.88 Å². The molecule has 3 heterocycles. The number of nitrogens with zero attached hydrogens (tertiary/aromatic N) is 5. The highest BCUT2D eigenvalue weighted by atomic mass is 79.9. The summed E-state index contributed by atoms with van der Waals surface area (Å²) >= 11 is 3.48. The van der Waals surface area contributed by atoms with E-state index in [9.17, 15) is 14.3 Å². The number of hydrogen-bond acceptors (Lipinski definition) is 5. The Hall–Kier alpha value is -3.43. The number of aromatic hydroxyl groups is 1. The summed E-state index contributed by atoms with van der Waals surface area (Å²) < 4.78 is 15.8. The van der Waals surface area contributed by atoms with Crippen molar-refractivity contribution in [2.45, 2.75) is 32.0 Å². The number of halogens is 2. The molecule has 178 valence electrons. The first-order valence-electron chi connectivity index (χ1n) is 11.4. The van der Waals surface area contributed by atoms with Crippen LogP contribution in [0.15, 0.2) is 81.7 Å². The Balaban J connectivity index is 1.50. The lowest BCUT2D eigenvalue weighted by atomic mass is 9.97. The van der Waals surface area contributed by atoms with Gasteiger partial charge in [-0.05, 0) is 66.9 Å². The van der Waals surface area contributed by atoms with E-state index in [1.807, 2.05) is 30.5 Å². The van der Waals surface area contributed by atoms with E-state index in [4.69, 9.17) is 0 Å². The molecule has 0 bridgehead atoms. The largest absolute Gasteiger partial charge is 0.493 e. The average Bonchev–Trinajstić information content (AvgIpc) is 3.13. The highest BCUT2D eigenvalue weighted by molar-refractivity contribution is 9.10. The topological polar surface area (TPSA) is 83.1 Å². The van der Waals surface area contributed by atoms with Gasteiger partial charge in [-0.15, -0.1) is 10.2 Å². The quantitative estimate of drug-likeness (QED) is 0.286. The number of likely N-dealkylation sites (tertiary alicyclic amines) is 1. The van der Waals surface area contributed by atoms with Gasteiger partial charge in [-0.2, -0.15) is 0 Å². The number of amides is 1. The molecule has 0 spiro atoms. The first kappa shape index (κ1) is 23.3. The van der Waals surface area contributed by atoms with Crippen molar-refractivity contribution in [3.63, 3.8) is 0 Å². The number of fused-ring (bicyclic) bond motifs is 1. The number of piperidine rings is 1. The number of rotatable bonds is 5. The molecule has 2 aromatic carbocycles. The molecule has 1 aliphatic rings. The first-order chi connectivity index (χ1) is 17.0. The summed E-state index contributed by atoms with van der Waals surface area (Å²) in [5, 5.41) is 19.8. The third kappa shape index (κ3) is 4.87. The van der Waals surface area contributed by atoms with Gasteiger partial charge in [-0.25, -0.2) is 4.39 Å². The summed E-state index contributed by atoms with van der Waals surface area (Å²) in [6.07, 6.45) is 6.88. The zero-order valence-electron chi connectivity index (χ0n) is 18.8. The number of benzene rings is 2. The van der Waals surface area contributed by atoms with E-state index in [0.717, 1.165) is 41.4 Å². The van der Waals surface area contributed by atoms with Crippen molar-refractivity contribution in [3.8, 4) is 5.88 Å². The van der Waals surface area contributed by atoms with Gasteiger partial charge in [0.1, 0.15) is 5.82 Å². The van der Waals surface area contributed by atoms with Gasteiger partial charge >= 0.3 is 0 Å². The molecule has 9 heteroatoms. The van der Waals surface area contributed by atoms with Crippen molar-refractivity contribution in [1.29, 1.82) is 0 Å². The van der Waals surface area contributed by atoms with E-state index in [1.165, 1.54) is 24.3 Å². The number of azo groups is 1. The minimum Gasteiger partial charge on any atom is -0.493 e. The zero-order valence-corrected chi connectivity index (χ0v) is 20.4.